The van der Waals surface area contributed by atoms with Crippen LogP contribution < -0.4 is 11.3 Å². The predicted molar refractivity (Wildman–Crippen MR) is 50.0 cm³/mol. The van der Waals surface area contributed by atoms with Crippen LogP contribution in [0.25, 0.3) is 0 Å². The zero-order chi connectivity index (χ0) is 8.91. The first-order valence-electron chi connectivity index (χ1n) is 4.05. The molecule has 0 atom stereocenters. The summed E-state index contributed by atoms with van der Waals surface area (Å²) in [5, 5.41) is 0. The Balaban J connectivity index is 3.81. The van der Waals surface area contributed by atoms with Crippen molar-refractivity contribution in [3.8, 4) is 0 Å². The molecule has 0 aliphatic carbocycles. The smallest absolute Gasteiger partial charge is 0.0152 e. The summed E-state index contributed by atoms with van der Waals surface area (Å²) >= 11 is 0. The van der Waals surface area contributed by atoms with Gasteiger partial charge < -0.3 is 0 Å². The van der Waals surface area contributed by atoms with Gasteiger partial charge in [-0.05, 0) is 25.7 Å². The average Bonchev–Trinajstić information content (AvgIpc) is 1.84. The molecule has 0 unspecified atom stereocenters. The van der Waals surface area contributed by atoms with E-state index in [0.29, 0.717) is 0 Å². The molecule has 0 heterocycles. The number of rotatable bonds is 4. The zero-order valence-corrected chi connectivity index (χ0v) is 8.07. The normalized spacial score (nSPS) is 11.4. The Labute approximate surface area is 69.8 Å². The maximum atomic E-state index is 5.25. The Morgan fingerprint density at radius 1 is 1.45 bits per heavy atom. The topological polar surface area (TPSA) is 38.0 Å². The van der Waals surface area contributed by atoms with Crippen molar-refractivity contribution in [3.63, 3.8) is 0 Å². The van der Waals surface area contributed by atoms with Crippen LogP contribution in [0.15, 0.2) is 11.6 Å². The van der Waals surface area contributed by atoms with Gasteiger partial charge >= 0.3 is 0 Å². The Morgan fingerprint density at radius 3 is 2.36 bits per heavy atom. The second-order valence-electron chi connectivity index (χ2n) is 4.03. The van der Waals surface area contributed by atoms with Gasteiger partial charge in [0.25, 0.3) is 0 Å². The van der Waals surface area contributed by atoms with Gasteiger partial charge in [-0.2, -0.15) is 0 Å². The van der Waals surface area contributed by atoms with Crippen molar-refractivity contribution in [2.24, 2.45) is 11.3 Å². The van der Waals surface area contributed by atoms with Gasteiger partial charge in [0.15, 0.2) is 0 Å². The van der Waals surface area contributed by atoms with Gasteiger partial charge in [0.05, 0.1) is 0 Å². The lowest BCUT2D eigenvalue weighted by atomic mass is 9.89. The predicted octanol–water partition coefficient (Wildman–Crippen LogP) is 1.83. The second-order valence-corrected chi connectivity index (χ2v) is 4.03. The molecule has 0 bridgehead atoms. The summed E-state index contributed by atoms with van der Waals surface area (Å²) in [5.74, 6) is 5.25. The summed E-state index contributed by atoms with van der Waals surface area (Å²) in [5.41, 5.74) is 4.34. The van der Waals surface area contributed by atoms with E-state index >= 15 is 0 Å². The molecule has 0 rings (SSSR count). The largest absolute Gasteiger partial charge is 0.271 e. The van der Waals surface area contributed by atoms with E-state index in [1.807, 2.05) is 0 Å². The Bertz CT molecular complexity index is 132. The van der Waals surface area contributed by atoms with E-state index in [9.17, 15) is 0 Å². The molecule has 0 fully saturated rings. The van der Waals surface area contributed by atoms with Crippen LogP contribution in [-0.4, -0.2) is 6.54 Å². The van der Waals surface area contributed by atoms with Gasteiger partial charge in [-0.1, -0.05) is 25.5 Å². The SMILES string of the molecule is CC(C)=CCC(C)(C)CNN. The standard InChI is InChI=1S/C9H20N2/c1-8(2)5-6-9(3,4)7-11-10/h5,11H,6-7,10H2,1-4H3. The fourth-order valence-corrected chi connectivity index (χ4v) is 0.829. The van der Waals surface area contributed by atoms with E-state index in [4.69, 9.17) is 5.84 Å². The first kappa shape index (κ1) is 10.7. The molecule has 0 aromatic carbocycles. The molecule has 0 aromatic rings. The minimum absolute atomic E-state index is 0.270. The van der Waals surface area contributed by atoms with Crippen LogP contribution in [0.2, 0.25) is 0 Å². The molecule has 3 N–H and O–H groups in total. The highest BCUT2D eigenvalue weighted by atomic mass is 15.2. The van der Waals surface area contributed by atoms with Crippen molar-refractivity contribution in [2.75, 3.05) is 6.54 Å². The minimum Gasteiger partial charge on any atom is -0.271 e. The number of hydrogen-bond donors (Lipinski definition) is 2. The quantitative estimate of drug-likeness (QED) is 0.370. The van der Waals surface area contributed by atoms with Crippen molar-refractivity contribution < 1.29 is 0 Å². The highest BCUT2D eigenvalue weighted by Gasteiger charge is 2.14. The van der Waals surface area contributed by atoms with Gasteiger partial charge in [-0.3, -0.25) is 11.3 Å². The summed E-state index contributed by atoms with van der Waals surface area (Å²) < 4.78 is 0. The van der Waals surface area contributed by atoms with Crippen LogP contribution in [0, 0.1) is 5.41 Å². The maximum Gasteiger partial charge on any atom is 0.0152 e. The molecule has 0 amide bonds. The number of hydrazine groups is 1. The molecule has 0 aliphatic heterocycles. The number of allylic oxidation sites excluding steroid dienone is 2. The lowest BCUT2D eigenvalue weighted by Gasteiger charge is -2.22. The Kier molecular flexibility index (Phi) is 4.38. The summed E-state index contributed by atoms with van der Waals surface area (Å²) in [6.07, 6.45) is 3.33. The molecule has 2 nitrogen and oxygen atoms in total. The number of nitrogens with one attached hydrogen (secondary N) is 1. The molecule has 11 heavy (non-hydrogen) atoms. The van der Waals surface area contributed by atoms with E-state index in [0.717, 1.165) is 13.0 Å². The van der Waals surface area contributed by atoms with Crippen molar-refractivity contribution in [1.82, 2.24) is 5.43 Å². The highest BCUT2D eigenvalue weighted by Crippen LogP contribution is 2.19. The molecular formula is C9H20N2. The van der Waals surface area contributed by atoms with E-state index in [1.54, 1.807) is 0 Å². The number of hydrogen-bond acceptors (Lipinski definition) is 2. The third kappa shape index (κ3) is 6.07. The summed E-state index contributed by atoms with van der Waals surface area (Å²) in [4.78, 5) is 0. The van der Waals surface area contributed by atoms with Crippen molar-refractivity contribution in [2.45, 2.75) is 34.1 Å². The molecule has 0 spiro atoms. The van der Waals surface area contributed by atoms with Gasteiger partial charge in [-0.25, -0.2) is 0 Å². The van der Waals surface area contributed by atoms with Crippen LogP contribution >= 0.6 is 0 Å². The van der Waals surface area contributed by atoms with Crippen molar-refractivity contribution >= 4 is 0 Å². The minimum atomic E-state index is 0.270. The molecule has 2 heteroatoms. The summed E-state index contributed by atoms with van der Waals surface area (Å²) in [6.45, 7) is 9.49. The van der Waals surface area contributed by atoms with E-state index < -0.39 is 0 Å². The van der Waals surface area contributed by atoms with Crippen LogP contribution in [0.4, 0.5) is 0 Å². The Morgan fingerprint density at radius 2 is 2.00 bits per heavy atom. The van der Waals surface area contributed by atoms with E-state index in [-0.39, 0.29) is 5.41 Å². The third-order valence-electron chi connectivity index (χ3n) is 1.64. The second kappa shape index (κ2) is 4.52. The maximum absolute atomic E-state index is 5.25. The molecule has 66 valence electrons. The van der Waals surface area contributed by atoms with Gasteiger partial charge in [0.1, 0.15) is 0 Å². The fourth-order valence-electron chi connectivity index (χ4n) is 0.829. The fraction of sp³-hybridized carbons (Fsp3) is 0.778. The van der Waals surface area contributed by atoms with Crippen LogP contribution in [0.5, 0.6) is 0 Å². The monoisotopic (exact) mass is 156 g/mol. The first-order chi connectivity index (χ1) is 4.98. The molecule has 0 radical (unpaired) electrons. The van der Waals surface area contributed by atoms with Gasteiger partial charge in [0, 0.05) is 6.54 Å². The van der Waals surface area contributed by atoms with E-state index in [2.05, 4.69) is 39.2 Å². The van der Waals surface area contributed by atoms with Crippen LogP contribution in [0.1, 0.15) is 34.1 Å². The zero-order valence-electron chi connectivity index (χ0n) is 8.07. The van der Waals surface area contributed by atoms with Crippen LogP contribution in [-0.2, 0) is 0 Å². The lowest BCUT2D eigenvalue weighted by molar-refractivity contribution is 0.347. The van der Waals surface area contributed by atoms with E-state index in [1.165, 1.54) is 5.57 Å². The average molecular weight is 156 g/mol. The Hall–Kier alpha value is -0.340. The number of nitrogens with two attached hydrogens (primary N) is 1. The van der Waals surface area contributed by atoms with Crippen LogP contribution in [0.3, 0.4) is 0 Å². The van der Waals surface area contributed by atoms with Gasteiger partial charge in [0.2, 0.25) is 0 Å². The molecule has 0 aliphatic rings. The molecule has 0 saturated heterocycles. The molecule has 0 saturated carbocycles. The lowest BCUT2D eigenvalue weighted by Crippen LogP contribution is -2.33. The summed E-state index contributed by atoms with van der Waals surface area (Å²) in [6, 6.07) is 0. The summed E-state index contributed by atoms with van der Waals surface area (Å²) in [7, 11) is 0. The highest BCUT2D eigenvalue weighted by molar-refractivity contribution is 4.96. The molecule has 0 aromatic heterocycles. The molecular weight excluding hydrogens is 136 g/mol. The first-order valence-corrected chi connectivity index (χ1v) is 4.05. The van der Waals surface area contributed by atoms with Crippen molar-refractivity contribution in [1.29, 1.82) is 0 Å². The van der Waals surface area contributed by atoms with Gasteiger partial charge in [-0.15, -0.1) is 0 Å². The van der Waals surface area contributed by atoms with Crippen molar-refractivity contribution in [3.05, 3.63) is 11.6 Å². The third-order valence-corrected chi connectivity index (χ3v) is 1.64.